The van der Waals surface area contributed by atoms with E-state index in [9.17, 15) is 9.59 Å². The highest BCUT2D eigenvalue weighted by atomic mass is 32.1. The third-order valence-electron chi connectivity index (χ3n) is 4.89. The summed E-state index contributed by atoms with van der Waals surface area (Å²) in [5.41, 5.74) is 1.98. The normalized spacial score (nSPS) is 20.7. The van der Waals surface area contributed by atoms with Crippen molar-refractivity contribution in [2.75, 3.05) is 18.4 Å². The van der Waals surface area contributed by atoms with Crippen LogP contribution in [0.5, 0.6) is 0 Å². The van der Waals surface area contributed by atoms with Gasteiger partial charge in [-0.2, -0.15) is 0 Å². The first-order valence-electron chi connectivity index (χ1n) is 9.52. The summed E-state index contributed by atoms with van der Waals surface area (Å²) in [5.74, 6) is 1.41. The highest BCUT2D eigenvalue weighted by Gasteiger charge is 2.22. The Morgan fingerprint density at radius 1 is 1.26 bits per heavy atom. The third kappa shape index (κ3) is 5.73. The number of carbonyl (C=O) groups excluding carboxylic acids is 1. The molecule has 148 valence electrons. The van der Waals surface area contributed by atoms with Crippen molar-refractivity contribution in [2.24, 2.45) is 11.8 Å². The second kappa shape index (κ2) is 9.12. The average molecular weight is 409 g/mol. The lowest BCUT2D eigenvalue weighted by molar-refractivity contribution is -0.116. The van der Waals surface area contributed by atoms with E-state index in [1.807, 2.05) is 17.7 Å². The minimum atomic E-state index is -0.0444. The molecule has 1 aliphatic rings. The van der Waals surface area contributed by atoms with Gasteiger partial charge in [0.15, 0.2) is 5.13 Å². The van der Waals surface area contributed by atoms with Gasteiger partial charge in [-0.25, -0.2) is 4.98 Å². The summed E-state index contributed by atoms with van der Waals surface area (Å²) in [6, 6.07) is 0. The summed E-state index contributed by atoms with van der Waals surface area (Å²) < 4.78 is 1.72. The van der Waals surface area contributed by atoms with E-state index in [-0.39, 0.29) is 10.8 Å². The molecule has 8 heteroatoms. The maximum atomic E-state index is 12.2. The third-order valence-corrected chi connectivity index (χ3v) is 6.58. The number of carbonyl (C=O) groups is 1. The largest absolute Gasteiger partial charge is 0.307 e. The van der Waals surface area contributed by atoms with Gasteiger partial charge in [0, 0.05) is 49.1 Å². The number of thiazole rings is 2. The molecule has 1 saturated heterocycles. The zero-order valence-electron chi connectivity index (χ0n) is 16.2. The van der Waals surface area contributed by atoms with Gasteiger partial charge < -0.3 is 9.88 Å². The number of nitrogens with zero attached hydrogens (tertiary/aromatic N) is 3. The molecule has 2 aromatic rings. The van der Waals surface area contributed by atoms with Crippen molar-refractivity contribution in [3.8, 4) is 0 Å². The fraction of sp³-hybridized carbons (Fsp3) is 0.632. The van der Waals surface area contributed by atoms with E-state index in [1.54, 1.807) is 4.57 Å². The van der Waals surface area contributed by atoms with Crippen LogP contribution in [0.1, 0.15) is 44.5 Å². The van der Waals surface area contributed by atoms with Crippen LogP contribution in [-0.2, 0) is 17.9 Å². The second-order valence-electron chi connectivity index (χ2n) is 7.73. The first kappa shape index (κ1) is 20.2. The van der Waals surface area contributed by atoms with Crippen molar-refractivity contribution in [2.45, 2.75) is 53.1 Å². The number of piperidine rings is 1. The van der Waals surface area contributed by atoms with E-state index in [4.69, 9.17) is 0 Å². The lowest BCUT2D eigenvalue weighted by atomic mass is 9.92. The van der Waals surface area contributed by atoms with Crippen LogP contribution in [0, 0.1) is 18.8 Å². The van der Waals surface area contributed by atoms with Crippen molar-refractivity contribution >= 4 is 33.7 Å². The van der Waals surface area contributed by atoms with E-state index in [2.05, 4.69) is 29.0 Å². The molecule has 27 heavy (non-hydrogen) atoms. The monoisotopic (exact) mass is 408 g/mol. The molecular formula is C19H28N4O2S2. The molecule has 0 radical (unpaired) electrons. The smallest absolute Gasteiger partial charge is 0.303 e. The highest BCUT2D eigenvalue weighted by Crippen LogP contribution is 2.24. The Bertz CT molecular complexity index is 816. The van der Waals surface area contributed by atoms with Crippen LogP contribution in [-0.4, -0.2) is 33.4 Å². The van der Waals surface area contributed by atoms with Crippen molar-refractivity contribution in [3.63, 3.8) is 0 Å². The van der Waals surface area contributed by atoms with Gasteiger partial charge in [-0.05, 0) is 31.6 Å². The van der Waals surface area contributed by atoms with Gasteiger partial charge in [0.05, 0.1) is 5.69 Å². The van der Waals surface area contributed by atoms with Crippen LogP contribution in [0.4, 0.5) is 5.13 Å². The number of hydrogen-bond acceptors (Lipinski definition) is 6. The van der Waals surface area contributed by atoms with Gasteiger partial charge in [0.25, 0.3) is 0 Å². The average Bonchev–Trinajstić information content (AvgIpc) is 3.14. The first-order chi connectivity index (χ1) is 12.9. The molecule has 3 rings (SSSR count). The molecule has 0 spiro atoms. The predicted molar refractivity (Wildman–Crippen MR) is 112 cm³/mol. The minimum absolute atomic E-state index is 0.0406. The molecule has 6 nitrogen and oxygen atoms in total. The Kier molecular flexibility index (Phi) is 6.83. The van der Waals surface area contributed by atoms with Crippen LogP contribution >= 0.6 is 22.7 Å². The summed E-state index contributed by atoms with van der Waals surface area (Å²) in [5, 5.41) is 7.44. The van der Waals surface area contributed by atoms with Gasteiger partial charge >= 0.3 is 4.87 Å². The molecular weight excluding hydrogens is 380 g/mol. The molecule has 1 fully saturated rings. The lowest BCUT2D eigenvalue weighted by Gasteiger charge is -2.34. The number of rotatable bonds is 7. The van der Waals surface area contributed by atoms with Crippen molar-refractivity contribution in [1.29, 1.82) is 0 Å². The molecule has 0 aliphatic carbocycles. The molecule has 0 bridgehead atoms. The first-order valence-corrected chi connectivity index (χ1v) is 11.3. The molecule has 2 atom stereocenters. The number of nitrogens with one attached hydrogen (secondary N) is 1. The summed E-state index contributed by atoms with van der Waals surface area (Å²) >= 11 is 2.68. The van der Waals surface area contributed by atoms with E-state index in [1.165, 1.54) is 29.1 Å². The van der Waals surface area contributed by atoms with Gasteiger partial charge in [-0.15, -0.1) is 11.3 Å². The predicted octanol–water partition coefficient (Wildman–Crippen LogP) is 3.57. The SMILES string of the molecule is Cc1csc(=O)n1CCCC(=O)Nc1nc(CN2C[C@H](C)C[C@@H](C)C2)cs1. The Morgan fingerprint density at radius 2 is 2.00 bits per heavy atom. The molecule has 1 aliphatic heterocycles. The summed E-state index contributed by atoms with van der Waals surface area (Å²) in [4.78, 5) is 30.9. The second-order valence-corrected chi connectivity index (χ2v) is 9.41. The molecule has 0 aromatic carbocycles. The van der Waals surface area contributed by atoms with Crippen molar-refractivity contribution in [1.82, 2.24) is 14.5 Å². The standard InChI is InChI=1S/C19H28N4O2S2/c1-13-7-14(2)9-22(8-13)10-16-12-26-18(20-16)21-17(24)5-4-6-23-15(3)11-27-19(23)25/h11-14H,4-10H2,1-3H3,(H,20,21,24)/t13-,14-/m1/s1. The fourth-order valence-corrected chi connectivity index (χ4v) is 5.32. The van der Waals surface area contributed by atoms with Crippen LogP contribution in [0.3, 0.4) is 0 Å². The maximum Gasteiger partial charge on any atom is 0.307 e. The quantitative estimate of drug-likeness (QED) is 0.760. The zero-order chi connectivity index (χ0) is 19.4. The molecule has 0 unspecified atom stereocenters. The summed E-state index contributed by atoms with van der Waals surface area (Å²) in [6.07, 6.45) is 2.33. The molecule has 0 saturated carbocycles. The van der Waals surface area contributed by atoms with Gasteiger partial charge in [-0.1, -0.05) is 25.2 Å². The molecule has 3 heterocycles. The minimum Gasteiger partial charge on any atom is -0.303 e. The van der Waals surface area contributed by atoms with Crippen LogP contribution in [0.25, 0.3) is 0 Å². The molecule has 1 N–H and O–H groups in total. The van der Waals surface area contributed by atoms with Crippen LogP contribution in [0.15, 0.2) is 15.6 Å². The van der Waals surface area contributed by atoms with E-state index in [0.29, 0.717) is 24.5 Å². The topological polar surface area (TPSA) is 67.2 Å². The van der Waals surface area contributed by atoms with Crippen molar-refractivity contribution < 1.29 is 4.79 Å². The fourth-order valence-electron chi connectivity index (χ4n) is 3.84. The van der Waals surface area contributed by atoms with Crippen LogP contribution in [0.2, 0.25) is 0 Å². The van der Waals surface area contributed by atoms with Crippen LogP contribution < -0.4 is 10.2 Å². The maximum absolute atomic E-state index is 12.2. The number of aryl methyl sites for hydroxylation is 1. The van der Waals surface area contributed by atoms with E-state index in [0.717, 1.165) is 42.9 Å². The molecule has 1 amide bonds. The highest BCUT2D eigenvalue weighted by molar-refractivity contribution is 7.13. The number of anilines is 1. The summed E-state index contributed by atoms with van der Waals surface area (Å²) in [6.45, 7) is 10.2. The van der Waals surface area contributed by atoms with Gasteiger partial charge in [0.2, 0.25) is 5.91 Å². The summed E-state index contributed by atoms with van der Waals surface area (Å²) in [7, 11) is 0. The van der Waals surface area contributed by atoms with E-state index < -0.39 is 0 Å². The number of aromatic nitrogens is 2. The Morgan fingerprint density at radius 3 is 2.67 bits per heavy atom. The van der Waals surface area contributed by atoms with Gasteiger partial charge in [0.1, 0.15) is 0 Å². The Balaban J connectivity index is 1.44. The number of hydrogen-bond donors (Lipinski definition) is 1. The lowest BCUT2D eigenvalue weighted by Crippen LogP contribution is -2.38. The number of amides is 1. The Hall–Kier alpha value is -1.51. The zero-order valence-corrected chi connectivity index (χ0v) is 17.9. The van der Waals surface area contributed by atoms with Gasteiger partial charge in [-0.3, -0.25) is 14.5 Å². The van der Waals surface area contributed by atoms with Crippen molar-refractivity contribution in [3.05, 3.63) is 31.8 Å². The van der Waals surface area contributed by atoms with E-state index >= 15 is 0 Å². The Labute approximate surface area is 168 Å². The molecule has 2 aromatic heterocycles. The number of likely N-dealkylation sites (tertiary alicyclic amines) is 1.